The van der Waals surface area contributed by atoms with E-state index in [1.54, 1.807) is 0 Å². The minimum absolute atomic E-state index is 0.0897. The van der Waals surface area contributed by atoms with E-state index in [1.165, 1.54) is 30.1 Å². The molecule has 2 rings (SSSR count). The Hall–Kier alpha value is -2.34. The molecule has 0 aliphatic heterocycles. The number of aryl methyl sites for hydroxylation is 1. The summed E-state index contributed by atoms with van der Waals surface area (Å²) in [6.07, 6.45) is 1.35. The fraction of sp³-hybridized carbons (Fsp3) is 0.133. The van der Waals surface area contributed by atoms with Crippen molar-refractivity contribution in [2.75, 3.05) is 11.1 Å². The van der Waals surface area contributed by atoms with E-state index in [4.69, 9.17) is 5.11 Å². The van der Waals surface area contributed by atoms with Gasteiger partial charge in [-0.2, -0.15) is 0 Å². The second-order valence-corrected chi connectivity index (χ2v) is 5.35. The largest absolute Gasteiger partial charge is 0.478 e. The number of rotatable bonds is 5. The van der Waals surface area contributed by atoms with Crippen molar-refractivity contribution in [3.8, 4) is 0 Å². The number of carboxylic acids is 1. The van der Waals surface area contributed by atoms with E-state index in [2.05, 4.69) is 10.3 Å². The van der Waals surface area contributed by atoms with Crippen LogP contribution in [0, 0.1) is 6.92 Å². The highest BCUT2D eigenvalue weighted by molar-refractivity contribution is 8.00. The Morgan fingerprint density at radius 3 is 2.76 bits per heavy atom. The number of carbonyl (C=O) groups excluding carboxylic acids is 1. The molecule has 6 heteroatoms. The van der Waals surface area contributed by atoms with Gasteiger partial charge in [-0.05, 0) is 30.7 Å². The molecular formula is C15H14N2O3S. The van der Waals surface area contributed by atoms with Crippen molar-refractivity contribution >= 4 is 29.5 Å². The third kappa shape index (κ3) is 4.32. The Morgan fingerprint density at radius 2 is 2.05 bits per heavy atom. The highest BCUT2D eigenvalue weighted by Gasteiger charge is 2.08. The lowest BCUT2D eigenvalue weighted by Gasteiger charge is -2.06. The van der Waals surface area contributed by atoms with Crippen LogP contribution >= 0.6 is 11.8 Å². The summed E-state index contributed by atoms with van der Waals surface area (Å²) in [5.74, 6) is -0.796. The summed E-state index contributed by atoms with van der Waals surface area (Å²) in [6.45, 7) is 1.98. The number of carboxylic acid groups (broad SMARTS) is 1. The fourth-order valence-electron chi connectivity index (χ4n) is 1.67. The lowest BCUT2D eigenvalue weighted by Crippen LogP contribution is -2.15. The van der Waals surface area contributed by atoms with Crippen LogP contribution in [0.4, 0.5) is 5.82 Å². The third-order valence-electron chi connectivity index (χ3n) is 2.73. The first-order valence-corrected chi connectivity index (χ1v) is 7.22. The number of nitrogens with one attached hydrogen (secondary N) is 1. The minimum atomic E-state index is -1.05. The summed E-state index contributed by atoms with van der Waals surface area (Å²) in [7, 11) is 0. The Balaban J connectivity index is 1.95. The number of aromatic nitrogens is 1. The van der Waals surface area contributed by atoms with Crippen molar-refractivity contribution in [1.82, 2.24) is 4.98 Å². The maximum Gasteiger partial charge on any atom is 0.335 e. The van der Waals surface area contributed by atoms with Gasteiger partial charge in [0, 0.05) is 11.1 Å². The van der Waals surface area contributed by atoms with Crippen LogP contribution in [0.5, 0.6) is 0 Å². The van der Waals surface area contributed by atoms with Gasteiger partial charge in [0.25, 0.3) is 0 Å². The predicted octanol–water partition coefficient (Wildman–Crippen LogP) is 2.82. The van der Waals surface area contributed by atoms with Gasteiger partial charge in [-0.1, -0.05) is 18.2 Å². The monoisotopic (exact) mass is 302 g/mol. The standard InChI is InChI=1S/C15H14N2O3S/c1-10-4-2-3-5-12(10)21-9-14(18)17-13-8-11(15(19)20)6-7-16-13/h2-8H,9H2,1H3,(H,19,20)(H,16,17,18). The van der Waals surface area contributed by atoms with Crippen LogP contribution in [0.3, 0.4) is 0 Å². The molecule has 0 saturated heterocycles. The van der Waals surface area contributed by atoms with Gasteiger partial charge < -0.3 is 10.4 Å². The Bertz CT molecular complexity index is 673. The number of carbonyl (C=O) groups is 2. The molecule has 1 heterocycles. The average Bonchev–Trinajstić information content (AvgIpc) is 2.46. The van der Waals surface area contributed by atoms with Crippen LogP contribution < -0.4 is 5.32 Å². The van der Waals surface area contributed by atoms with E-state index >= 15 is 0 Å². The van der Waals surface area contributed by atoms with Crippen molar-refractivity contribution in [3.05, 3.63) is 53.7 Å². The fourth-order valence-corrected chi connectivity index (χ4v) is 2.50. The highest BCUT2D eigenvalue weighted by Crippen LogP contribution is 2.21. The van der Waals surface area contributed by atoms with Gasteiger partial charge >= 0.3 is 5.97 Å². The molecule has 1 aromatic heterocycles. The van der Waals surface area contributed by atoms with Gasteiger partial charge in [0.1, 0.15) is 5.82 Å². The normalized spacial score (nSPS) is 10.1. The number of benzene rings is 1. The quantitative estimate of drug-likeness (QED) is 0.830. The van der Waals surface area contributed by atoms with Crippen LogP contribution in [-0.4, -0.2) is 27.7 Å². The van der Waals surface area contributed by atoms with Gasteiger partial charge in [-0.15, -0.1) is 11.8 Å². The Kier molecular flexibility index (Phi) is 4.94. The van der Waals surface area contributed by atoms with Crippen LogP contribution in [-0.2, 0) is 4.79 Å². The summed E-state index contributed by atoms with van der Waals surface area (Å²) in [5, 5.41) is 11.5. The number of hydrogen-bond donors (Lipinski definition) is 2. The lowest BCUT2D eigenvalue weighted by molar-refractivity contribution is -0.113. The van der Waals surface area contributed by atoms with E-state index < -0.39 is 5.97 Å². The molecule has 1 aromatic carbocycles. The van der Waals surface area contributed by atoms with Gasteiger partial charge in [0.2, 0.25) is 5.91 Å². The van der Waals surface area contributed by atoms with E-state index in [0.717, 1.165) is 10.5 Å². The SMILES string of the molecule is Cc1ccccc1SCC(=O)Nc1cc(C(=O)O)ccn1. The van der Waals surface area contributed by atoms with Gasteiger partial charge in [0.15, 0.2) is 0 Å². The first-order chi connectivity index (χ1) is 10.1. The van der Waals surface area contributed by atoms with Gasteiger partial charge in [-0.3, -0.25) is 4.79 Å². The smallest absolute Gasteiger partial charge is 0.335 e. The zero-order valence-corrected chi connectivity index (χ0v) is 12.2. The molecule has 0 fully saturated rings. The van der Waals surface area contributed by atoms with E-state index in [9.17, 15) is 9.59 Å². The second-order valence-electron chi connectivity index (χ2n) is 4.34. The molecule has 0 atom stereocenters. The first-order valence-electron chi connectivity index (χ1n) is 6.24. The van der Waals surface area contributed by atoms with Crippen molar-refractivity contribution in [3.63, 3.8) is 0 Å². The first kappa shape index (κ1) is 15.1. The molecule has 0 bridgehead atoms. The lowest BCUT2D eigenvalue weighted by atomic mass is 10.2. The van der Waals surface area contributed by atoms with Crippen LogP contribution in [0.25, 0.3) is 0 Å². The third-order valence-corrected chi connectivity index (χ3v) is 3.90. The van der Waals surface area contributed by atoms with Crippen molar-refractivity contribution < 1.29 is 14.7 Å². The van der Waals surface area contributed by atoms with Crippen molar-refractivity contribution in [2.24, 2.45) is 0 Å². The summed E-state index contributed by atoms with van der Waals surface area (Å²) < 4.78 is 0. The molecule has 0 aliphatic carbocycles. The number of thioether (sulfide) groups is 1. The zero-order valence-electron chi connectivity index (χ0n) is 11.4. The molecule has 0 spiro atoms. The number of hydrogen-bond acceptors (Lipinski definition) is 4. The Morgan fingerprint density at radius 1 is 1.29 bits per heavy atom. The molecule has 2 N–H and O–H groups in total. The summed E-state index contributed by atoms with van der Waals surface area (Å²) in [4.78, 5) is 27.7. The molecule has 0 unspecified atom stereocenters. The maximum absolute atomic E-state index is 11.9. The summed E-state index contributed by atoms with van der Waals surface area (Å²) in [6, 6.07) is 10.5. The number of amides is 1. The second kappa shape index (κ2) is 6.90. The van der Waals surface area contributed by atoms with Crippen LogP contribution in [0.15, 0.2) is 47.5 Å². The molecule has 2 aromatic rings. The Labute approximate surface area is 126 Å². The topological polar surface area (TPSA) is 79.3 Å². The molecule has 0 aliphatic rings. The predicted molar refractivity (Wildman–Crippen MR) is 81.7 cm³/mol. The highest BCUT2D eigenvalue weighted by atomic mass is 32.2. The van der Waals surface area contributed by atoms with Gasteiger partial charge in [0.05, 0.1) is 11.3 Å². The van der Waals surface area contributed by atoms with Crippen molar-refractivity contribution in [2.45, 2.75) is 11.8 Å². The average molecular weight is 302 g/mol. The van der Waals surface area contributed by atoms with Gasteiger partial charge in [-0.25, -0.2) is 9.78 Å². The summed E-state index contributed by atoms with van der Waals surface area (Å²) >= 11 is 1.43. The van der Waals surface area contributed by atoms with Crippen LogP contribution in [0.2, 0.25) is 0 Å². The molecule has 21 heavy (non-hydrogen) atoms. The molecule has 0 radical (unpaired) electrons. The molecule has 108 valence electrons. The molecular weight excluding hydrogens is 288 g/mol. The molecule has 5 nitrogen and oxygen atoms in total. The number of anilines is 1. The number of pyridine rings is 1. The van der Waals surface area contributed by atoms with Crippen molar-refractivity contribution in [1.29, 1.82) is 0 Å². The molecule has 1 amide bonds. The van der Waals surface area contributed by atoms with E-state index in [-0.39, 0.29) is 23.0 Å². The molecule has 0 saturated carbocycles. The maximum atomic E-state index is 11.9. The van der Waals surface area contributed by atoms with E-state index in [1.807, 2.05) is 31.2 Å². The summed E-state index contributed by atoms with van der Waals surface area (Å²) in [5.41, 5.74) is 1.20. The van der Waals surface area contributed by atoms with E-state index in [0.29, 0.717) is 0 Å². The minimum Gasteiger partial charge on any atom is -0.478 e. The zero-order chi connectivity index (χ0) is 15.2. The number of nitrogens with zero attached hydrogens (tertiary/aromatic N) is 1. The number of aromatic carboxylic acids is 1. The van der Waals surface area contributed by atoms with Crippen LogP contribution in [0.1, 0.15) is 15.9 Å².